The SMILES string of the molecule is O=C1C(=CC2CCN(Cc3ccc(F)cc3)CC2)Cc2cc(C3=CCNCC3)ccc21. The van der Waals surface area contributed by atoms with Crippen molar-refractivity contribution in [2.45, 2.75) is 32.2 Å². The van der Waals surface area contributed by atoms with Crippen LogP contribution in [0.4, 0.5) is 4.39 Å². The summed E-state index contributed by atoms with van der Waals surface area (Å²) in [7, 11) is 0. The molecular weight excluding hydrogens is 387 g/mol. The molecule has 4 heteroatoms. The highest BCUT2D eigenvalue weighted by Gasteiger charge is 2.27. The Kier molecular flexibility index (Phi) is 5.84. The van der Waals surface area contributed by atoms with Crippen molar-refractivity contribution in [1.29, 1.82) is 0 Å². The zero-order valence-corrected chi connectivity index (χ0v) is 17.9. The molecular formula is C27H29FN2O. The average Bonchev–Trinajstić information content (AvgIpc) is 3.12. The van der Waals surface area contributed by atoms with Gasteiger partial charge < -0.3 is 5.32 Å². The van der Waals surface area contributed by atoms with E-state index in [1.165, 1.54) is 28.8 Å². The molecule has 0 aromatic heterocycles. The topological polar surface area (TPSA) is 32.3 Å². The number of halogens is 1. The number of hydrogen-bond donors (Lipinski definition) is 1. The Bertz CT molecular complexity index is 1030. The summed E-state index contributed by atoms with van der Waals surface area (Å²) >= 11 is 0. The van der Waals surface area contributed by atoms with Crippen LogP contribution in [-0.2, 0) is 13.0 Å². The van der Waals surface area contributed by atoms with Gasteiger partial charge in [0.25, 0.3) is 0 Å². The summed E-state index contributed by atoms with van der Waals surface area (Å²) in [6.07, 6.45) is 8.47. The molecule has 0 saturated carbocycles. The zero-order valence-electron chi connectivity index (χ0n) is 17.9. The molecule has 3 aliphatic rings. The van der Waals surface area contributed by atoms with E-state index in [0.29, 0.717) is 5.92 Å². The number of fused-ring (bicyclic) bond motifs is 1. The molecule has 1 aliphatic carbocycles. The third-order valence-corrected chi connectivity index (χ3v) is 6.85. The third-order valence-electron chi connectivity index (χ3n) is 6.85. The number of carbonyl (C=O) groups is 1. The molecule has 31 heavy (non-hydrogen) atoms. The van der Waals surface area contributed by atoms with Gasteiger partial charge in [-0.1, -0.05) is 42.5 Å². The van der Waals surface area contributed by atoms with E-state index in [2.05, 4.69) is 34.5 Å². The summed E-state index contributed by atoms with van der Waals surface area (Å²) in [4.78, 5) is 15.4. The average molecular weight is 417 g/mol. The lowest BCUT2D eigenvalue weighted by molar-refractivity contribution is 0.103. The van der Waals surface area contributed by atoms with Gasteiger partial charge in [0.1, 0.15) is 5.82 Å². The fourth-order valence-corrected chi connectivity index (χ4v) is 5.05. The Morgan fingerprint density at radius 2 is 1.90 bits per heavy atom. The predicted octanol–water partition coefficient (Wildman–Crippen LogP) is 4.78. The minimum atomic E-state index is -0.184. The van der Waals surface area contributed by atoms with Crippen molar-refractivity contribution in [2.75, 3.05) is 26.2 Å². The second-order valence-electron chi connectivity index (χ2n) is 8.99. The number of nitrogens with zero attached hydrogens (tertiary/aromatic N) is 1. The van der Waals surface area contributed by atoms with Crippen molar-refractivity contribution in [1.82, 2.24) is 10.2 Å². The van der Waals surface area contributed by atoms with Gasteiger partial charge in [0.05, 0.1) is 0 Å². The molecule has 0 unspecified atom stereocenters. The van der Waals surface area contributed by atoms with Crippen molar-refractivity contribution in [3.8, 4) is 0 Å². The lowest BCUT2D eigenvalue weighted by Crippen LogP contribution is -2.32. The van der Waals surface area contributed by atoms with Crippen molar-refractivity contribution in [3.05, 3.63) is 88.3 Å². The maximum absolute atomic E-state index is 13.1. The van der Waals surface area contributed by atoms with Crippen LogP contribution in [0.25, 0.3) is 5.57 Å². The first-order valence-corrected chi connectivity index (χ1v) is 11.4. The van der Waals surface area contributed by atoms with Gasteiger partial charge in [-0.25, -0.2) is 4.39 Å². The van der Waals surface area contributed by atoms with Gasteiger partial charge >= 0.3 is 0 Å². The summed E-state index contributed by atoms with van der Waals surface area (Å²) in [6, 6.07) is 13.2. The number of benzene rings is 2. The lowest BCUT2D eigenvalue weighted by atomic mass is 9.93. The van der Waals surface area contributed by atoms with Crippen LogP contribution in [-0.4, -0.2) is 36.9 Å². The van der Waals surface area contributed by atoms with Gasteiger partial charge in [-0.15, -0.1) is 0 Å². The van der Waals surface area contributed by atoms with Gasteiger partial charge in [0, 0.05) is 30.6 Å². The molecule has 0 atom stereocenters. The van der Waals surface area contributed by atoms with Gasteiger partial charge in [-0.3, -0.25) is 9.69 Å². The molecule has 2 aliphatic heterocycles. The highest BCUT2D eigenvalue weighted by molar-refractivity contribution is 6.13. The molecule has 0 radical (unpaired) electrons. The van der Waals surface area contributed by atoms with Crippen LogP contribution in [0.5, 0.6) is 0 Å². The molecule has 0 spiro atoms. The smallest absolute Gasteiger partial charge is 0.189 e. The fourth-order valence-electron chi connectivity index (χ4n) is 5.05. The van der Waals surface area contributed by atoms with Crippen LogP contribution in [0.3, 0.4) is 0 Å². The predicted molar refractivity (Wildman–Crippen MR) is 122 cm³/mol. The molecule has 2 aromatic rings. The maximum Gasteiger partial charge on any atom is 0.189 e. The van der Waals surface area contributed by atoms with Crippen molar-refractivity contribution in [3.63, 3.8) is 0 Å². The number of ketones is 1. The molecule has 2 heterocycles. The molecule has 0 bridgehead atoms. The molecule has 0 amide bonds. The summed E-state index contributed by atoms with van der Waals surface area (Å²) < 4.78 is 13.1. The highest BCUT2D eigenvalue weighted by atomic mass is 19.1. The minimum absolute atomic E-state index is 0.184. The van der Waals surface area contributed by atoms with Gasteiger partial charge in [-0.05, 0) is 79.2 Å². The van der Waals surface area contributed by atoms with Crippen LogP contribution in [0.2, 0.25) is 0 Å². The van der Waals surface area contributed by atoms with Crippen LogP contribution in [0.1, 0.15) is 46.3 Å². The Labute approximate surface area is 183 Å². The molecule has 1 saturated heterocycles. The summed E-state index contributed by atoms with van der Waals surface area (Å²) in [6.45, 7) is 4.84. The van der Waals surface area contributed by atoms with Crippen molar-refractivity contribution < 1.29 is 9.18 Å². The monoisotopic (exact) mass is 416 g/mol. The Morgan fingerprint density at radius 3 is 2.65 bits per heavy atom. The molecule has 2 aromatic carbocycles. The lowest BCUT2D eigenvalue weighted by Gasteiger charge is -2.30. The van der Waals surface area contributed by atoms with Crippen LogP contribution in [0, 0.1) is 11.7 Å². The van der Waals surface area contributed by atoms with E-state index in [1.807, 2.05) is 18.2 Å². The standard InChI is InChI=1S/C27H29FN2O/c28-25-4-1-20(2-5-25)18-30-13-9-19(10-14-30)15-24-17-23-16-22(3-6-26(23)27(24)31)21-7-11-29-12-8-21/h1-7,15-16,19,29H,8-14,17-18H2. The van der Waals surface area contributed by atoms with Crippen LogP contribution >= 0.6 is 0 Å². The number of hydrogen-bond acceptors (Lipinski definition) is 3. The van der Waals surface area contributed by atoms with Gasteiger partial charge in [-0.2, -0.15) is 0 Å². The number of rotatable bonds is 4. The number of nitrogens with one attached hydrogen (secondary N) is 1. The van der Waals surface area contributed by atoms with E-state index < -0.39 is 0 Å². The molecule has 160 valence electrons. The largest absolute Gasteiger partial charge is 0.313 e. The van der Waals surface area contributed by atoms with E-state index in [0.717, 1.165) is 75.1 Å². The van der Waals surface area contributed by atoms with E-state index >= 15 is 0 Å². The first kappa shape index (κ1) is 20.3. The van der Waals surface area contributed by atoms with Gasteiger partial charge in [0.2, 0.25) is 0 Å². The summed E-state index contributed by atoms with van der Waals surface area (Å²) in [5.41, 5.74) is 6.85. The van der Waals surface area contributed by atoms with Crippen LogP contribution < -0.4 is 5.32 Å². The quantitative estimate of drug-likeness (QED) is 0.728. The number of allylic oxidation sites excluding steroid dienone is 2. The normalized spacial score (nSPS) is 21.4. The van der Waals surface area contributed by atoms with E-state index in [9.17, 15) is 9.18 Å². The van der Waals surface area contributed by atoms with E-state index in [4.69, 9.17) is 0 Å². The molecule has 5 rings (SSSR count). The number of carbonyl (C=O) groups excluding carboxylic acids is 1. The first-order valence-electron chi connectivity index (χ1n) is 11.4. The Hall–Kier alpha value is -2.56. The maximum atomic E-state index is 13.1. The third kappa shape index (κ3) is 4.56. The van der Waals surface area contributed by atoms with E-state index in [1.54, 1.807) is 0 Å². The number of piperidine rings is 1. The fraction of sp³-hybridized carbons (Fsp3) is 0.370. The van der Waals surface area contributed by atoms with Crippen molar-refractivity contribution >= 4 is 11.4 Å². The second-order valence-corrected chi connectivity index (χ2v) is 8.99. The summed E-state index contributed by atoms with van der Waals surface area (Å²) in [5.74, 6) is 0.495. The number of likely N-dealkylation sites (tertiary alicyclic amines) is 1. The van der Waals surface area contributed by atoms with E-state index in [-0.39, 0.29) is 11.6 Å². The van der Waals surface area contributed by atoms with Crippen LogP contribution in [0.15, 0.2) is 60.2 Å². The molecule has 1 N–H and O–H groups in total. The second kappa shape index (κ2) is 8.89. The Balaban J connectivity index is 1.21. The summed E-state index contributed by atoms with van der Waals surface area (Å²) in [5, 5.41) is 3.36. The van der Waals surface area contributed by atoms with Gasteiger partial charge in [0.15, 0.2) is 5.78 Å². The molecule has 1 fully saturated rings. The first-order chi connectivity index (χ1) is 15.2. The minimum Gasteiger partial charge on any atom is -0.313 e. The number of Topliss-reactive ketones (excluding diaryl/α,β-unsaturated/α-hetero) is 1. The van der Waals surface area contributed by atoms with Crippen molar-refractivity contribution in [2.24, 2.45) is 5.92 Å². The zero-order chi connectivity index (χ0) is 21.2. The highest BCUT2D eigenvalue weighted by Crippen LogP contribution is 2.32. The molecule has 3 nitrogen and oxygen atoms in total. The Morgan fingerprint density at radius 1 is 1.10 bits per heavy atom.